The maximum absolute atomic E-state index is 12.9. The van der Waals surface area contributed by atoms with Gasteiger partial charge in [0.2, 0.25) is 0 Å². The Hall–Kier alpha value is -2.33. The Balaban J connectivity index is 0.000000206. The molecule has 0 radical (unpaired) electrons. The van der Waals surface area contributed by atoms with E-state index < -0.39 is 17.6 Å². The van der Waals surface area contributed by atoms with Crippen LogP contribution in [0, 0.1) is 29.6 Å². The van der Waals surface area contributed by atoms with Crippen LogP contribution in [0.1, 0.15) is 124 Å². The molecule has 2 heterocycles. The number of rotatable bonds is 12. The van der Waals surface area contributed by atoms with Crippen LogP contribution in [-0.4, -0.2) is 73.0 Å². The van der Waals surface area contributed by atoms with Crippen molar-refractivity contribution in [1.82, 2.24) is 20.4 Å². The Bertz CT molecular complexity index is 1570. The van der Waals surface area contributed by atoms with Crippen molar-refractivity contribution in [3.8, 4) is 0 Å². The zero-order chi connectivity index (χ0) is 38.6. The Morgan fingerprint density at radius 1 is 0.736 bits per heavy atom. The van der Waals surface area contributed by atoms with Gasteiger partial charge in [0.1, 0.15) is 0 Å². The van der Waals surface area contributed by atoms with Crippen molar-refractivity contribution in [3.63, 3.8) is 0 Å². The summed E-state index contributed by atoms with van der Waals surface area (Å²) in [4.78, 5) is 30.2. The number of halogens is 5. The molecule has 4 aliphatic rings. The van der Waals surface area contributed by atoms with Gasteiger partial charge in [-0.1, -0.05) is 62.5 Å². The normalized spacial score (nSPS) is 22.1. The lowest BCUT2D eigenvalue weighted by Gasteiger charge is -2.33. The van der Waals surface area contributed by atoms with Gasteiger partial charge >= 0.3 is 6.18 Å². The molecule has 6 nitrogen and oxygen atoms in total. The van der Waals surface area contributed by atoms with Gasteiger partial charge in [-0.15, -0.1) is 0 Å². The van der Waals surface area contributed by atoms with Gasteiger partial charge in [-0.3, -0.25) is 9.59 Å². The van der Waals surface area contributed by atoms with Gasteiger partial charge in [0.25, 0.3) is 11.8 Å². The number of nitrogens with zero attached hydrogens (tertiary/aromatic N) is 2. The molecular weight excluding hydrogens is 720 g/mol. The van der Waals surface area contributed by atoms with E-state index in [-0.39, 0.29) is 28.0 Å². The van der Waals surface area contributed by atoms with E-state index in [1.165, 1.54) is 58.2 Å². The summed E-state index contributed by atoms with van der Waals surface area (Å²) < 4.78 is 38.7. The molecule has 2 saturated heterocycles. The third kappa shape index (κ3) is 11.4. The SMILES string of the molecule is CC(C)CCCN1CCC2(CC1)C[C@H]2NC(=O)c1cc(C(F)(F)F)ccc1Cl.Cc1ccc(Cl)c(C(=O)N[C@H]2CC23CCN(CCCC(C)C)CC3)c1. The van der Waals surface area contributed by atoms with Crippen molar-refractivity contribution < 1.29 is 22.8 Å². The van der Waals surface area contributed by atoms with E-state index in [4.69, 9.17) is 23.2 Å². The number of likely N-dealkylation sites (tertiary alicyclic amines) is 2. The van der Waals surface area contributed by atoms with Gasteiger partial charge in [-0.05, 0) is 163 Å². The summed E-state index contributed by atoms with van der Waals surface area (Å²) in [6, 6.07) is 8.85. The second kappa shape index (κ2) is 17.6. The Morgan fingerprint density at radius 3 is 1.57 bits per heavy atom. The van der Waals surface area contributed by atoms with Gasteiger partial charge in [-0.25, -0.2) is 0 Å². The van der Waals surface area contributed by atoms with Crippen LogP contribution in [0.25, 0.3) is 0 Å². The summed E-state index contributed by atoms with van der Waals surface area (Å²) >= 11 is 12.2. The fraction of sp³-hybridized carbons (Fsp3) is 0.667. The van der Waals surface area contributed by atoms with Gasteiger partial charge in [0, 0.05) is 12.1 Å². The number of nitrogens with one attached hydrogen (secondary N) is 2. The van der Waals surface area contributed by atoms with Crippen LogP contribution in [0.3, 0.4) is 0 Å². The van der Waals surface area contributed by atoms with E-state index in [0.29, 0.717) is 22.0 Å². The number of carbonyl (C=O) groups is 2. The molecule has 2 spiro atoms. The molecule has 294 valence electrons. The predicted molar refractivity (Wildman–Crippen MR) is 209 cm³/mol. The first-order valence-electron chi connectivity index (χ1n) is 19.7. The lowest BCUT2D eigenvalue weighted by Crippen LogP contribution is -2.39. The summed E-state index contributed by atoms with van der Waals surface area (Å²) in [6.07, 6.45) is 7.06. The first-order valence-corrected chi connectivity index (χ1v) is 20.5. The number of carbonyl (C=O) groups excluding carboxylic acids is 2. The molecule has 11 heteroatoms. The minimum absolute atomic E-state index is 0.0186. The molecule has 2 saturated carbocycles. The van der Waals surface area contributed by atoms with Crippen molar-refractivity contribution >= 4 is 35.0 Å². The van der Waals surface area contributed by atoms with Crippen LogP contribution in [0.4, 0.5) is 13.2 Å². The molecule has 0 aromatic heterocycles. The number of alkyl halides is 3. The second-order valence-corrected chi connectivity index (χ2v) is 17.9. The number of hydrogen-bond donors (Lipinski definition) is 2. The first-order chi connectivity index (χ1) is 25.0. The average molecular weight is 780 g/mol. The molecule has 2 aliphatic heterocycles. The van der Waals surface area contributed by atoms with Crippen LogP contribution in [-0.2, 0) is 6.18 Å². The van der Waals surface area contributed by atoms with Crippen LogP contribution in [0.15, 0.2) is 36.4 Å². The molecule has 0 unspecified atom stereocenters. The van der Waals surface area contributed by atoms with E-state index in [2.05, 4.69) is 48.1 Å². The molecule has 2 aliphatic carbocycles. The summed E-state index contributed by atoms with van der Waals surface area (Å²) in [5, 5.41) is 6.73. The molecule has 2 N–H and O–H groups in total. The smallest absolute Gasteiger partial charge is 0.349 e. The van der Waals surface area contributed by atoms with Crippen LogP contribution in [0.5, 0.6) is 0 Å². The molecule has 0 bridgehead atoms. The van der Waals surface area contributed by atoms with E-state index in [1.54, 1.807) is 0 Å². The molecule has 53 heavy (non-hydrogen) atoms. The molecule has 6 rings (SSSR count). The number of benzene rings is 2. The van der Waals surface area contributed by atoms with Crippen LogP contribution >= 0.6 is 23.2 Å². The minimum Gasteiger partial charge on any atom is -0.349 e. The number of aryl methyl sites for hydroxylation is 1. The Labute approximate surface area is 324 Å². The monoisotopic (exact) mass is 778 g/mol. The largest absolute Gasteiger partial charge is 0.416 e. The summed E-state index contributed by atoms with van der Waals surface area (Å²) in [5.74, 6) is 0.988. The van der Waals surface area contributed by atoms with E-state index in [0.717, 1.165) is 80.9 Å². The number of piperidine rings is 2. The zero-order valence-electron chi connectivity index (χ0n) is 32.2. The molecule has 2 aromatic rings. The quantitative estimate of drug-likeness (QED) is 0.225. The highest BCUT2D eigenvalue weighted by Gasteiger charge is 2.56. The Kier molecular flexibility index (Phi) is 13.9. The fourth-order valence-electron chi connectivity index (χ4n) is 8.26. The van der Waals surface area contributed by atoms with Gasteiger partial charge in [0.15, 0.2) is 0 Å². The number of amides is 2. The van der Waals surface area contributed by atoms with Gasteiger partial charge in [-0.2, -0.15) is 13.2 Å². The van der Waals surface area contributed by atoms with E-state index in [9.17, 15) is 22.8 Å². The molecule has 2 amide bonds. The predicted octanol–water partition coefficient (Wildman–Crippen LogP) is 10.0. The van der Waals surface area contributed by atoms with Crippen molar-refractivity contribution in [2.45, 2.75) is 117 Å². The van der Waals surface area contributed by atoms with Crippen LogP contribution in [0.2, 0.25) is 10.0 Å². The number of hydrogen-bond acceptors (Lipinski definition) is 4. The van der Waals surface area contributed by atoms with Crippen molar-refractivity contribution in [2.24, 2.45) is 22.7 Å². The highest BCUT2D eigenvalue weighted by molar-refractivity contribution is 6.34. The summed E-state index contributed by atoms with van der Waals surface area (Å²) in [7, 11) is 0. The van der Waals surface area contributed by atoms with Crippen molar-refractivity contribution in [2.75, 3.05) is 39.3 Å². The topological polar surface area (TPSA) is 64.7 Å². The Morgan fingerprint density at radius 2 is 1.15 bits per heavy atom. The fourth-order valence-corrected chi connectivity index (χ4v) is 8.67. The minimum atomic E-state index is -4.50. The molecule has 2 atom stereocenters. The van der Waals surface area contributed by atoms with Crippen molar-refractivity contribution in [1.29, 1.82) is 0 Å². The average Bonchev–Trinajstić information content (AvgIpc) is 3.97. The van der Waals surface area contributed by atoms with Crippen LogP contribution < -0.4 is 10.6 Å². The molecule has 4 fully saturated rings. The maximum atomic E-state index is 12.9. The highest BCUT2D eigenvalue weighted by atomic mass is 35.5. The highest BCUT2D eigenvalue weighted by Crippen LogP contribution is 2.55. The lowest BCUT2D eigenvalue weighted by molar-refractivity contribution is -0.137. The molecule has 2 aromatic carbocycles. The zero-order valence-corrected chi connectivity index (χ0v) is 33.7. The molecular formula is C42H59Cl2F3N4O2. The third-order valence-electron chi connectivity index (χ3n) is 12.1. The van der Waals surface area contributed by atoms with Crippen molar-refractivity contribution in [3.05, 3.63) is 68.7 Å². The first kappa shape index (κ1) is 41.8. The maximum Gasteiger partial charge on any atom is 0.416 e. The third-order valence-corrected chi connectivity index (χ3v) is 12.8. The van der Waals surface area contributed by atoms with E-state index in [1.807, 2.05) is 25.1 Å². The summed E-state index contributed by atoms with van der Waals surface area (Å²) in [5.41, 5.74) is 1.16. The summed E-state index contributed by atoms with van der Waals surface area (Å²) in [6.45, 7) is 17.8. The standard InChI is InChI=1S/C21H28ClF3N2O.C21H31ClN2O/c1-14(2)4-3-9-27-10-7-20(8-11-27)13-18(20)26-19(28)16-12-15(21(23,24)25)5-6-17(16)22;1-15(2)5-4-10-24-11-8-21(9-12-24)14-19(21)23-20(25)17-13-16(3)6-7-18(17)22/h5-6,12,14,18H,3-4,7-11,13H2,1-2H3,(H,26,28);6-7,13,15,19H,4-5,8-12,14H2,1-3H3,(H,23,25)/t18-;19-/m10/s1. The van der Waals surface area contributed by atoms with Gasteiger partial charge < -0.3 is 20.4 Å². The second-order valence-electron chi connectivity index (χ2n) is 17.1. The lowest BCUT2D eigenvalue weighted by atomic mass is 9.92. The van der Waals surface area contributed by atoms with E-state index >= 15 is 0 Å². The van der Waals surface area contributed by atoms with Gasteiger partial charge in [0.05, 0.1) is 26.7 Å².